The lowest BCUT2D eigenvalue weighted by atomic mass is 9.98. The van der Waals surface area contributed by atoms with Crippen LogP contribution in [0.3, 0.4) is 0 Å². The Morgan fingerprint density at radius 2 is 2.06 bits per heavy atom. The van der Waals surface area contributed by atoms with E-state index in [1.54, 1.807) is 13.3 Å². The number of rotatable bonds is 3. The average molecular weight is 232 g/mol. The van der Waals surface area contributed by atoms with E-state index in [1.807, 2.05) is 12.1 Å². The van der Waals surface area contributed by atoms with E-state index in [0.717, 1.165) is 16.9 Å². The fourth-order valence-electron chi connectivity index (χ4n) is 1.69. The molecule has 0 bridgehead atoms. The van der Waals surface area contributed by atoms with E-state index in [2.05, 4.69) is 25.1 Å². The first kappa shape index (κ1) is 11.5. The van der Waals surface area contributed by atoms with Crippen LogP contribution in [0.4, 0.5) is 5.88 Å². The third-order valence-electron chi connectivity index (χ3n) is 2.74. The molecule has 0 aliphatic rings. The molecule has 0 fully saturated rings. The summed E-state index contributed by atoms with van der Waals surface area (Å²) < 4.78 is 10.2. The van der Waals surface area contributed by atoms with E-state index < -0.39 is 0 Å². The van der Waals surface area contributed by atoms with E-state index >= 15 is 0 Å². The van der Waals surface area contributed by atoms with Crippen LogP contribution in [0.25, 0.3) is 11.1 Å². The van der Waals surface area contributed by atoms with Crippen molar-refractivity contribution in [1.82, 2.24) is 5.16 Å². The molecule has 0 atom stereocenters. The zero-order chi connectivity index (χ0) is 12.4. The van der Waals surface area contributed by atoms with Gasteiger partial charge in [-0.05, 0) is 29.2 Å². The number of methoxy groups -OCH3 is 1. The molecule has 2 aromatic rings. The van der Waals surface area contributed by atoms with Gasteiger partial charge in [0, 0.05) is 0 Å². The molecule has 0 unspecified atom stereocenters. The largest absolute Gasteiger partial charge is 0.497 e. The van der Waals surface area contributed by atoms with Gasteiger partial charge in [-0.25, -0.2) is 0 Å². The van der Waals surface area contributed by atoms with E-state index in [4.69, 9.17) is 15.0 Å². The molecule has 0 aliphatic carbocycles. The first-order valence-corrected chi connectivity index (χ1v) is 5.51. The van der Waals surface area contributed by atoms with Gasteiger partial charge in [-0.2, -0.15) is 0 Å². The van der Waals surface area contributed by atoms with Crippen LogP contribution < -0.4 is 10.5 Å². The van der Waals surface area contributed by atoms with Crippen LogP contribution in [0.5, 0.6) is 5.75 Å². The lowest BCUT2D eigenvalue weighted by Crippen LogP contribution is -1.93. The van der Waals surface area contributed by atoms with Crippen LogP contribution in [0.1, 0.15) is 25.3 Å². The zero-order valence-electron chi connectivity index (χ0n) is 10.2. The number of benzene rings is 1. The van der Waals surface area contributed by atoms with Crippen LogP contribution in [-0.4, -0.2) is 12.3 Å². The first-order valence-electron chi connectivity index (χ1n) is 5.51. The van der Waals surface area contributed by atoms with Gasteiger partial charge in [0.15, 0.2) is 0 Å². The van der Waals surface area contributed by atoms with Crippen molar-refractivity contribution in [2.75, 3.05) is 12.8 Å². The second kappa shape index (κ2) is 4.49. The number of aromatic nitrogens is 1. The lowest BCUT2D eigenvalue weighted by Gasteiger charge is -2.10. The Kier molecular flexibility index (Phi) is 3.04. The predicted octanol–water partition coefficient (Wildman–Crippen LogP) is 3.06. The summed E-state index contributed by atoms with van der Waals surface area (Å²) in [5.74, 6) is 1.56. The Hall–Kier alpha value is -1.97. The van der Waals surface area contributed by atoms with Gasteiger partial charge in [-0.3, -0.25) is 0 Å². The maximum atomic E-state index is 5.72. The summed E-state index contributed by atoms with van der Waals surface area (Å²) in [4.78, 5) is 0. The molecule has 4 nitrogen and oxygen atoms in total. The number of nitrogens with two attached hydrogens (primary N) is 1. The highest BCUT2D eigenvalue weighted by Crippen LogP contribution is 2.32. The molecule has 90 valence electrons. The molecule has 0 saturated carbocycles. The summed E-state index contributed by atoms with van der Waals surface area (Å²) in [6.45, 7) is 4.27. The molecule has 0 radical (unpaired) electrons. The van der Waals surface area contributed by atoms with Crippen molar-refractivity contribution in [2.24, 2.45) is 0 Å². The summed E-state index contributed by atoms with van der Waals surface area (Å²) in [5.41, 5.74) is 8.68. The van der Waals surface area contributed by atoms with Gasteiger partial charge < -0.3 is 15.0 Å². The van der Waals surface area contributed by atoms with Gasteiger partial charge in [0.1, 0.15) is 5.75 Å². The molecule has 2 N–H and O–H groups in total. The Balaban J connectivity index is 2.54. The molecule has 4 heteroatoms. The summed E-state index contributed by atoms with van der Waals surface area (Å²) in [6.07, 6.45) is 1.62. The normalized spacial score (nSPS) is 10.8. The summed E-state index contributed by atoms with van der Waals surface area (Å²) >= 11 is 0. The van der Waals surface area contributed by atoms with Gasteiger partial charge in [0.25, 0.3) is 0 Å². The lowest BCUT2D eigenvalue weighted by molar-refractivity contribution is 0.414. The summed E-state index contributed by atoms with van der Waals surface area (Å²) in [6, 6.07) is 6.03. The highest BCUT2D eigenvalue weighted by molar-refractivity contribution is 5.73. The van der Waals surface area contributed by atoms with Crippen molar-refractivity contribution >= 4 is 5.88 Å². The predicted molar refractivity (Wildman–Crippen MR) is 67.0 cm³/mol. The molecule has 0 saturated heterocycles. The Morgan fingerprint density at radius 1 is 1.29 bits per heavy atom. The topological polar surface area (TPSA) is 61.3 Å². The molecule has 1 aromatic carbocycles. The maximum absolute atomic E-state index is 5.72. The molecule has 2 rings (SSSR count). The van der Waals surface area contributed by atoms with Crippen molar-refractivity contribution in [2.45, 2.75) is 19.8 Å². The molecule has 1 aromatic heterocycles. The third-order valence-corrected chi connectivity index (χ3v) is 2.74. The molecule has 1 heterocycles. The van der Waals surface area contributed by atoms with E-state index in [1.165, 1.54) is 5.56 Å². The number of ether oxygens (including phenoxy) is 1. The van der Waals surface area contributed by atoms with Gasteiger partial charge in [-0.15, -0.1) is 0 Å². The smallest absolute Gasteiger partial charge is 0.229 e. The molecule has 0 amide bonds. The van der Waals surface area contributed by atoms with Crippen molar-refractivity contribution in [3.8, 4) is 16.9 Å². The van der Waals surface area contributed by atoms with Crippen LogP contribution >= 0.6 is 0 Å². The van der Waals surface area contributed by atoms with E-state index in [-0.39, 0.29) is 0 Å². The minimum atomic E-state index is 0.327. The Labute approximate surface area is 100 Å². The van der Waals surface area contributed by atoms with Crippen LogP contribution in [0, 0.1) is 0 Å². The maximum Gasteiger partial charge on any atom is 0.229 e. The molecule has 0 aliphatic heterocycles. The van der Waals surface area contributed by atoms with Crippen molar-refractivity contribution in [3.05, 3.63) is 30.0 Å². The number of hydrogen-bond acceptors (Lipinski definition) is 4. The van der Waals surface area contributed by atoms with Gasteiger partial charge in [0.2, 0.25) is 5.88 Å². The average Bonchev–Trinajstić information content (AvgIpc) is 2.74. The number of nitrogens with zero attached hydrogens (tertiary/aromatic N) is 1. The van der Waals surface area contributed by atoms with Crippen LogP contribution in [-0.2, 0) is 0 Å². The Morgan fingerprint density at radius 3 is 2.59 bits per heavy atom. The number of anilines is 1. The van der Waals surface area contributed by atoms with Crippen molar-refractivity contribution in [3.63, 3.8) is 0 Å². The van der Waals surface area contributed by atoms with Crippen molar-refractivity contribution < 1.29 is 9.26 Å². The minimum absolute atomic E-state index is 0.327. The number of nitrogen functional groups attached to an aromatic ring is 1. The first-order chi connectivity index (χ1) is 8.11. The molecular formula is C13H16N2O2. The highest BCUT2D eigenvalue weighted by Gasteiger charge is 2.11. The highest BCUT2D eigenvalue weighted by atomic mass is 16.5. The summed E-state index contributed by atoms with van der Waals surface area (Å²) in [7, 11) is 1.65. The van der Waals surface area contributed by atoms with Gasteiger partial charge >= 0.3 is 0 Å². The third kappa shape index (κ3) is 2.25. The second-order valence-electron chi connectivity index (χ2n) is 4.25. The van der Waals surface area contributed by atoms with E-state index in [9.17, 15) is 0 Å². The standard InChI is InChI=1S/C13H16N2O2/c1-8(2)9-4-10(6-11(5-9)16-3)12-7-15-17-13(12)14/h4-8H,14H2,1-3H3. The van der Waals surface area contributed by atoms with Crippen LogP contribution in [0.15, 0.2) is 28.9 Å². The zero-order valence-corrected chi connectivity index (χ0v) is 10.2. The van der Waals surface area contributed by atoms with Crippen molar-refractivity contribution in [1.29, 1.82) is 0 Å². The minimum Gasteiger partial charge on any atom is -0.497 e. The van der Waals surface area contributed by atoms with Crippen LogP contribution in [0.2, 0.25) is 0 Å². The fourth-order valence-corrected chi connectivity index (χ4v) is 1.69. The molecular weight excluding hydrogens is 216 g/mol. The van der Waals surface area contributed by atoms with Gasteiger partial charge in [-0.1, -0.05) is 25.1 Å². The molecule has 17 heavy (non-hydrogen) atoms. The van der Waals surface area contributed by atoms with Gasteiger partial charge in [0.05, 0.1) is 18.9 Å². The van der Waals surface area contributed by atoms with E-state index in [0.29, 0.717) is 11.8 Å². The SMILES string of the molecule is COc1cc(-c2cnoc2N)cc(C(C)C)c1. The molecule has 0 spiro atoms. The fraction of sp³-hybridized carbons (Fsp3) is 0.308. The quantitative estimate of drug-likeness (QED) is 0.883. The second-order valence-corrected chi connectivity index (χ2v) is 4.25. The monoisotopic (exact) mass is 232 g/mol. The Bertz CT molecular complexity index is 518. The summed E-state index contributed by atoms with van der Waals surface area (Å²) in [5, 5.41) is 3.69. The number of hydrogen-bond donors (Lipinski definition) is 1.